The van der Waals surface area contributed by atoms with Gasteiger partial charge in [-0.3, -0.25) is 0 Å². The van der Waals surface area contributed by atoms with Crippen LogP contribution in [0, 0.1) is 0 Å². The molecule has 0 bridgehead atoms. The maximum atomic E-state index is 6.78. The summed E-state index contributed by atoms with van der Waals surface area (Å²) in [5.41, 5.74) is 8.43. The highest BCUT2D eigenvalue weighted by Crippen LogP contribution is 2.45. The molecular weight excluding hydrogens is 572 g/mol. The Labute approximate surface area is 271 Å². The van der Waals surface area contributed by atoms with E-state index in [0.717, 1.165) is 44.7 Å². The first kappa shape index (κ1) is 26.0. The number of hydrogen-bond donors (Lipinski definition) is 0. The summed E-state index contributed by atoms with van der Waals surface area (Å²) in [6.45, 7) is 0. The van der Waals surface area contributed by atoms with Crippen LogP contribution in [0.5, 0.6) is 0 Å². The number of furan rings is 1. The summed E-state index contributed by atoms with van der Waals surface area (Å²) in [5.74, 6) is 0. The molecule has 0 unspecified atom stereocenters. The number of para-hydroxylation sites is 3. The zero-order chi connectivity index (χ0) is 30.9. The van der Waals surface area contributed by atoms with E-state index in [1.165, 1.54) is 43.4 Å². The Bertz CT molecular complexity index is 2810. The van der Waals surface area contributed by atoms with Gasteiger partial charge < -0.3 is 13.9 Å². The highest BCUT2D eigenvalue weighted by molar-refractivity contribution is 6.15. The van der Waals surface area contributed by atoms with E-state index in [9.17, 15) is 0 Å². The van der Waals surface area contributed by atoms with Gasteiger partial charge in [-0.05, 0) is 88.3 Å². The van der Waals surface area contributed by atoms with Gasteiger partial charge in [-0.25, -0.2) is 0 Å². The molecule has 10 rings (SSSR count). The normalized spacial score (nSPS) is 11.8. The maximum absolute atomic E-state index is 6.78. The highest BCUT2D eigenvalue weighted by Gasteiger charge is 2.21. The molecule has 0 atom stereocenters. The van der Waals surface area contributed by atoms with E-state index < -0.39 is 0 Å². The quantitative estimate of drug-likeness (QED) is 0.200. The zero-order valence-electron chi connectivity index (χ0n) is 25.5. The van der Waals surface area contributed by atoms with Gasteiger partial charge in [-0.2, -0.15) is 0 Å². The van der Waals surface area contributed by atoms with Crippen molar-refractivity contribution in [2.75, 3.05) is 4.90 Å². The van der Waals surface area contributed by atoms with E-state index in [0.29, 0.717) is 0 Å². The molecule has 220 valence electrons. The number of benzene rings is 8. The molecule has 10 aromatic rings. The molecule has 47 heavy (non-hydrogen) atoms. The van der Waals surface area contributed by atoms with Gasteiger partial charge >= 0.3 is 0 Å². The van der Waals surface area contributed by atoms with Crippen molar-refractivity contribution in [1.29, 1.82) is 0 Å². The third-order valence-electron chi connectivity index (χ3n) is 9.51. The van der Waals surface area contributed by atoms with E-state index in [1.54, 1.807) is 0 Å². The van der Waals surface area contributed by atoms with Crippen molar-refractivity contribution >= 4 is 82.4 Å². The molecule has 0 aliphatic heterocycles. The summed E-state index contributed by atoms with van der Waals surface area (Å²) >= 11 is 0. The molecular formula is C44H28N2O. The van der Waals surface area contributed by atoms with Gasteiger partial charge in [0.25, 0.3) is 0 Å². The third kappa shape index (κ3) is 4.00. The van der Waals surface area contributed by atoms with Crippen molar-refractivity contribution in [3.05, 3.63) is 170 Å². The summed E-state index contributed by atoms with van der Waals surface area (Å²) < 4.78 is 9.14. The lowest BCUT2D eigenvalue weighted by Crippen LogP contribution is -2.10. The van der Waals surface area contributed by atoms with Crippen molar-refractivity contribution in [3.8, 4) is 5.69 Å². The molecule has 3 nitrogen and oxygen atoms in total. The van der Waals surface area contributed by atoms with Crippen molar-refractivity contribution in [3.63, 3.8) is 0 Å². The Hall–Kier alpha value is -6.32. The second kappa shape index (κ2) is 10.1. The lowest BCUT2D eigenvalue weighted by Gasteiger charge is -2.26. The Morgan fingerprint density at radius 2 is 1.04 bits per heavy atom. The largest absolute Gasteiger partial charge is 0.454 e. The molecule has 0 N–H and O–H groups in total. The summed E-state index contributed by atoms with van der Waals surface area (Å²) in [4.78, 5) is 2.35. The Balaban J connectivity index is 1.26. The zero-order valence-corrected chi connectivity index (χ0v) is 25.5. The van der Waals surface area contributed by atoms with Crippen LogP contribution in [-0.2, 0) is 0 Å². The van der Waals surface area contributed by atoms with Crippen LogP contribution in [0.25, 0.3) is 71.0 Å². The van der Waals surface area contributed by atoms with Gasteiger partial charge in [0.1, 0.15) is 5.58 Å². The number of nitrogens with zero attached hydrogens (tertiary/aromatic N) is 2. The Morgan fingerprint density at radius 1 is 0.404 bits per heavy atom. The predicted molar refractivity (Wildman–Crippen MR) is 198 cm³/mol. The average molecular weight is 601 g/mol. The average Bonchev–Trinajstić information content (AvgIpc) is 3.66. The summed E-state index contributed by atoms with van der Waals surface area (Å²) in [7, 11) is 0. The highest BCUT2D eigenvalue weighted by atomic mass is 16.3. The van der Waals surface area contributed by atoms with Crippen LogP contribution >= 0.6 is 0 Å². The minimum Gasteiger partial charge on any atom is -0.454 e. The Morgan fingerprint density at radius 3 is 1.89 bits per heavy atom. The van der Waals surface area contributed by atoms with Crippen molar-refractivity contribution in [2.24, 2.45) is 0 Å². The minimum absolute atomic E-state index is 0.873. The standard InChI is InChI=1S/C44H28N2O/c1-2-15-33(16-3-1)46-40-19-9-8-17-36(40)38-28-35(23-24-41(38)46)45(34-22-21-29-11-4-5-12-30(29)25-34)42-20-10-18-37-39-26-31-13-6-7-14-32(31)27-43(39)47-44(37)42/h1-28H. The SMILES string of the molecule is c1ccc(-n2c3ccccc3c3cc(N(c4ccc5ccccc5c4)c4cccc5c4oc4cc6ccccc6cc45)ccc32)cc1. The molecule has 0 radical (unpaired) electrons. The number of hydrogen-bond acceptors (Lipinski definition) is 2. The smallest absolute Gasteiger partial charge is 0.159 e. The van der Waals surface area contributed by atoms with Gasteiger partial charge in [-0.15, -0.1) is 0 Å². The minimum atomic E-state index is 0.873. The van der Waals surface area contributed by atoms with Gasteiger partial charge in [0.2, 0.25) is 0 Å². The van der Waals surface area contributed by atoms with Crippen LogP contribution < -0.4 is 4.90 Å². The molecule has 0 fully saturated rings. The lowest BCUT2D eigenvalue weighted by atomic mass is 10.0. The molecule has 0 amide bonds. The van der Waals surface area contributed by atoms with Crippen LogP contribution in [-0.4, -0.2) is 4.57 Å². The van der Waals surface area contributed by atoms with E-state index in [2.05, 4.69) is 179 Å². The van der Waals surface area contributed by atoms with Crippen LogP contribution in [0.2, 0.25) is 0 Å². The molecule has 2 heterocycles. The fourth-order valence-electron chi connectivity index (χ4n) is 7.34. The maximum Gasteiger partial charge on any atom is 0.159 e. The van der Waals surface area contributed by atoms with Crippen LogP contribution in [0.15, 0.2) is 174 Å². The monoisotopic (exact) mass is 600 g/mol. The van der Waals surface area contributed by atoms with Gasteiger partial charge in [-0.1, -0.05) is 103 Å². The molecule has 0 aliphatic carbocycles. The summed E-state index contributed by atoms with van der Waals surface area (Å²) in [6, 6.07) is 60.8. The van der Waals surface area contributed by atoms with E-state index >= 15 is 0 Å². The molecule has 3 heteroatoms. The van der Waals surface area contributed by atoms with E-state index in [1.807, 2.05) is 0 Å². The summed E-state index contributed by atoms with van der Waals surface area (Å²) in [6.07, 6.45) is 0. The van der Waals surface area contributed by atoms with Crippen LogP contribution in [0.4, 0.5) is 17.1 Å². The second-order valence-corrected chi connectivity index (χ2v) is 12.2. The molecule has 2 aromatic heterocycles. The fraction of sp³-hybridized carbons (Fsp3) is 0. The van der Waals surface area contributed by atoms with Crippen molar-refractivity contribution in [1.82, 2.24) is 4.57 Å². The summed E-state index contributed by atoms with van der Waals surface area (Å²) in [5, 5.41) is 9.45. The molecule has 0 saturated heterocycles. The lowest BCUT2D eigenvalue weighted by molar-refractivity contribution is 0.669. The van der Waals surface area contributed by atoms with Crippen molar-refractivity contribution < 1.29 is 4.42 Å². The third-order valence-corrected chi connectivity index (χ3v) is 9.51. The van der Waals surface area contributed by atoms with Gasteiger partial charge in [0, 0.05) is 38.6 Å². The van der Waals surface area contributed by atoms with Gasteiger partial charge in [0.05, 0.1) is 16.7 Å². The number of rotatable bonds is 4. The number of anilines is 3. The molecule has 0 aliphatic rings. The topological polar surface area (TPSA) is 21.3 Å². The Kier molecular flexibility index (Phi) is 5.57. The fourth-order valence-corrected chi connectivity index (χ4v) is 7.34. The molecule has 0 saturated carbocycles. The van der Waals surface area contributed by atoms with Gasteiger partial charge in [0.15, 0.2) is 5.58 Å². The van der Waals surface area contributed by atoms with Crippen LogP contribution in [0.1, 0.15) is 0 Å². The predicted octanol–water partition coefficient (Wildman–Crippen LogP) is 12.5. The number of aromatic nitrogens is 1. The molecule has 8 aromatic carbocycles. The first-order valence-corrected chi connectivity index (χ1v) is 16.0. The first-order valence-electron chi connectivity index (χ1n) is 16.0. The first-order chi connectivity index (χ1) is 23.3. The van der Waals surface area contributed by atoms with E-state index in [4.69, 9.17) is 4.42 Å². The molecule has 0 spiro atoms. The second-order valence-electron chi connectivity index (χ2n) is 12.2. The van der Waals surface area contributed by atoms with Crippen molar-refractivity contribution in [2.45, 2.75) is 0 Å². The van der Waals surface area contributed by atoms with E-state index in [-0.39, 0.29) is 0 Å². The number of fused-ring (bicyclic) bond motifs is 8. The van der Waals surface area contributed by atoms with Crippen LogP contribution in [0.3, 0.4) is 0 Å².